The molecule has 0 aliphatic rings. The van der Waals surface area contributed by atoms with Crippen LogP contribution in [0, 0.1) is 12.8 Å². The van der Waals surface area contributed by atoms with E-state index in [2.05, 4.69) is 19.1 Å². The van der Waals surface area contributed by atoms with Crippen LogP contribution < -0.4 is 0 Å². The van der Waals surface area contributed by atoms with E-state index in [9.17, 15) is 9.59 Å². The Bertz CT molecular complexity index is 767. The summed E-state index contributed by atoms with van der Waals surface area (Å²) < 4.78 is 5.70. The van der Waals surface area contributed by atoms with E-state index in [1.54, 1.807) is 9.80 Å². The quantitative estimate of drug-likeness (QED) is 0.562. The van der Waals surface area contributed by atoms with Gasteiger partial charge in [0.05, 0.1) is 13.1 Å². The fourth-order valence-electron chi connectivity index (χ4n) is 3.20. The summed E-state index contributed by atoms with van der Waals surface area (Å²) in [5, 5.41) is 0. The standard InChI is InChI=1S/C24H34N2O3/c1-5-6-15-26(24(28)19(2)3)18-23(27)25(17-22-13-12-20(4)29-22)16-14-21-10-8-7-9-11-21/h7-13,19H,5-6,14-18H2,1-4H3. The lowest BCUT2D eigenvalue weighted by atomic mass is 10.1. The van der Waals surface area contributed by atoms with Gasteiger partial charge in [0.15, 0.2) is 0 Å². The lowest BCUT2D eigenvalue weighted by molar-refractivity contribution is -0.142. The molecule has 5 nitrogen and oxygen atoms in total. The van der Waals surface area contributed by atoms with E-state index in [0.29, 0.717) is 19.6 Å². The van der Waals surface area contributed by atoms with Gasteiger partial charge in [-0.25, -0.2) is 0 Å². The molecule has 0 atom stereocenters. The molecule has 29 heavy (non-hydrogen) atoms. The predicted octanol–water partition coefficient (Wildman–Crippen LogP) is 4.44. The number of hydrogen-bond acceptors (Lipinski definition) is 3. The Morgan fingerprint density at radius 1 is 1.00 bits per heavy atom. The smallest absolute Gasteiger partial charge is 0.242 e. The van der Waals surface area contributed by atoms with E-state index in [1.807, 2.05) is 51.1 Å². The first-order valence-electron chi connectivity index (χ1n) is 10.6. The molecule has 0 saturated heterocycles. The zero-order valence-corrected chi connectivity index (χ0v) is 18.2. The Kier molecular flexibility index (Phi) is 8.97. The molecule has 1 heterocycles. The van der Waals surface area contributed by atoms with Crippen molar-refractivity contribution in [3.8, 4) is 0 Å². The van der Waals surface area contributed by atoms with E-state index < -0.39 is 0 Å². The Labute approximate surface area is 174 Å². The minimum atomic E-state index is -0.120. The molecule has 1 aromatic heterocycles. The summed E-state index contributed by atoms with van der Waals surface area (Å²) in [7, 11) is 0. The number of amides is 2. The van der Waals surface area contributed by atoms with Crippen molar-refractivity contribution in [2.45, 2.75) is 53.5 Å². The maximum absolute atomic E-state index is 13.2. The SMILES string of the molecule is CCCCN(CC(=O)N(CCc1ccccc1)Cc1ccc(C)o1)C(=O)C(C)C. The van der Waals surface area contributed by atoms with Crippen molar-refractivity contribution in [3.05, 3.63) is 59.5 Å². The van der Waals surface area contributed by atoms with Crippen LogP contribution in [0.15, 0.2) is 46.9 Å². The number of hydrogen-bond donors (Lipinski definition) is 0. The second kappa shape index (κ2) is 11.4. The molecule has 0 spiro atoms. The monoisotopic (exact) mass is 398 g/mol. The minimum Gasteiger partial charge on any atom is -0.464 e. The molecule has 0 aliphatic carbocycles. The average Bonchev–Trinajstić information content (AvgIpc) is 3.13. The Hall–Kier alpha value is -2.56. The fourth-order valence-corrected chi connectivity index (χ4v) is 3.20. The van der Waals surface area contributed by atoms with Crippen molar-refractivity contribution >= 4 is 11.8 Å². The van der Waals surface area contributed by atoms with Crippen LogP contribution in [0.3, 0.4) is 0 Å². The van der Waals surface area contributed by atoms with Gasteiger partial charge in [-0.1, -0.05) is 57.5 Å². The Morgan fingerprint density at radius 2 is 1.72 bits per heavy atom. The lowest BCUT2D eigenvalue weighted by Gasteiger charge is -2.28. The number of aryl methyl sites for hydroxylation is 1. The lowest BCUT2D eigenvalue weighted by Crippen LogP contribution is -2.45. The first kappa shape index (κ1) is 22.7. The molecule has 2 rings (SSSR count). The van der Waals surface area contributed by atoms with Gasteiger partial charge in [-0.05, 0) is 37.5 Å². The highest BCUT2D eigenvalue weighted by Gasteiger charge is 2.23. The second-order valence-electron chi connectivity index (χ2n) is 7.83. The molecule has 0 saturated carbocycles. The largest absolute Gasteiger partial charge is 0.464 e. The van der Waals surface area contributed by atoms with Crippen molar-refractivity contribution in [3.63, 3.8) is 0 Å². The molecular weight excluding hydrogens is 364 g/mol. The van der Waals surface area contributed by atoms with Crippen LogP contribution in [0.5, 0.6) is 0 Å². The maximum Gasteiger partial charge on any atom is 0.242 e. The van der Waals surface area contributed by atoms with Crippen LogP contribution in [0.25, 0.3) is 0 Å². The molecule has 0 fully saturated rings. The van der Waals surface area contributed by atoms with Gasteiger partial charge >= 0.3 is 0 Å². The summed E-state index contributed by atoms with van der Waals surface area (Å²) >= 11 is 0. The molecule has 0 aliphatic heterocycles. The van der Waals surface area contributed by atoms with E-state index >= 15 is 0 Å². The summed E-state index contributed by atoms with van der Waals surface area (Å²) in [5.41, 5.74) is 1.18. The number of rotatable bonds is 11. The molecule has 2 amide bonds. The van der Waals surface area contributed by atoms with Gasteiger partial charge < -0.3 is 14.2 Å². The number of benzene rings is 1. The molecule has 0 N–H and O–H groups in total. The summed E-state index contributed by atoms with van der Waals surface area (Å²) in [4.78, 5) is 29.3. The Morgan fingerprint density at radius 3 is 2.31 bits per heavy atom. The highest BCUT2D eigenvalue weighted by atomic mass is 16.3. The number of carbonyl (C=O) groups is 2. The number of nitrogens with zero attached hydrogens (tertiary/aromatic N) is 2. The maximum atomic E-state index is 13.2. The highest BCUT2D eigenvalue weighted by Crippen LogP contribution is 2.13. The molecule has 0 unspecified atom stereocenters. The van der Waals surface area contributed by atoms with E-state index in [0.717, 1.165) is 30.8 Å². The van der Waals surface area contributed by atoms with Crippen LogP contribution in [0.1, 0.15) is 50.7 Å². The van der Waals surface area contributed by atoms with Crippen LogP contribution in [-0.4, -0.2) is 41.2 Å². The molecule has 5 heteroatoms. The first-order chi connectivity index (χ1) is 13.9. The van der Waals surface area contributed by atoms with Crippen molar-refractivity contribution in [2.24, 2.45) is 5.92 Å². The van der Waals surface area contributed by atoms with Crippen molar-refractivity contribution in [1.82, 2.24) is 9.80 Å². The fraction of sp³-hybridized carbons (Fsp3) is 0.500. The summed E-state index contributed by atoms with van der Waals surface area (Å²) in [6, 6.07) is 13.9. The summed E-state index contributed by atoms with van der Waals surface area (Å²) in [6.07, 6.45) is 2.64. The second-order valence-corrected chi connectivity index (χ2v) is 7.83. The highest BCUT2D eigenvalue weighted by molar-refractivity contribution is 5.85. The van der Waals surface area contributed by atoms with Crippen molar-refractivity contribution in [2.75, 3.05) is 19.6 Å². The van der Waals surface area contributed by atoms with Gasteiger partial charge in [-0.15, -0.1) is 0 Å². The summed E-state index contributed by atoms with van der Waals surface area (Å²) in [6.45, 7) is 9.47. The number of carbonyl (C=O) groups excluding carboxylic acids is 2. The van der Waals surface area contributed by atoms with Gasteiger partial charge in [0, 0.05) is 19.0 Å². The van der Waals surface area contributed by atoms with Gasteiger partial charge in [0.1, 0.15) is 11.5 Å². The zero-order valence-electron chi connectivity index (χ0n) is 18.2. The molecule has 0 bridgehead atoms. The number of unbranched alkanes of at least 4 members (excludes halogenated alkanes) is 1. The van der Waals surface area contributed by atoms with Crippen LogP contribution in [0.4, 0.5) is 0 Å². The van der Waals surface area contributed by atoms with Gasteiger partial charge in [-0.3, -0.25) is 9.59 Å². The van der Waals surface area contributed by atoms with Crippen molar-refractivity contribution < 1.29 is 14.0 Å². The van der Waals surface area contributed by atoms with Crippen molar-refractivity contribution in [1.29, 1.82) is 0 Å². The molecule has 2 aromatic rings. The minimum absolute atomic E-state index is 0.0312. The molecule has 158 valence electrons. The first-order valence-corrected chi connectivity index (χ1v) is 10.6. The van der Waals surface area contributed by atoms with E-state index in [4.69, 9.17) is 4.42 Å². The van der Waals surface area contributed by atoms with Crippen LogP contribution in [0.2, 0.25) is 0 Å². The Balaban J connectivity index is 2.11. The third-order valence-electron chi connectivity index (χ3n) is 4.92. The summed E-state index contributed by atoms with van der Waals surface area (Å²) in [5.74, 6) is 1.46. The predicted molar refractivity (Wildman–Crippen MR) is 115 cm³/mol. The zero-order chi connectivity index (χ0) is 21.2. The normalized spacial score (nSPS) is 10.9. The van der Waals surface area contributed by atoms with E-state index in [1.165, 1.54) is 5.56 Å². The third kappa shape index (κ3) is 7.41. The number of furan rings is 1. The molecular formula is C24H34N2O3. The van der Waals surface area contributed by atoms with Gasteiger partial charge in [0.2, 0.25) is 11.8 Å². The van der Waals surface area contributed by atoms with E-state index in [-0.39, 0.29) is 24.3 Å². The van der Waals surface area contributed by atoms with Gasteiger partial charge in [-0.2, -0.15) is 0 Å². The molecule has 0 radical (unpaired) electrons. The average molecular weight is 399 g/mol. The van der Waals surface area contributed by atoms with Crippen LogP contribution in [-0.2, 0) is 22.6 Å². The third-order valence-corrected chi connectivity index (χ3v) is 4.92. The van der Waals surface area contributed by atoms with Crippen LogP contribution >= 0.6 is 0 Å². The molecule has 1 aromatic carbocycles. The topological polar surface area (TPSA) is 53.8 Å². The van der Waals surface area contributed by atoms with Gasteiger partial charge in [0.25, 0.3) is 0 Å².